The van der Waals surface area contributed by atoms with Crippen LogP contribution in [0.2, 0.25) is 0 Å². The third-order valence-corrected chi connectivity index (χ3v) is 5.43. The maximum Gasteiger partial charge on any atom is 0.225 e. The molecule has 4 bridgehead atoms. The number of nitrogens with zero attached hydrogens (tertiary/aromatic N) is 1. The highest BCUT2D eigenvalue weighted by molar-refractivity contribution is 5.77. The van der Waals surface area contributed by atoms with Gasteiger partial charge in [0.1, 0.15) is 0 Å². The van der Waals surface area contributed by atoms with Crippen LogP contribution in [0.15, 0.2) is 0 Å². The number of methoxy groups -OCH3 is 1. The Hall–Kier alpha value is -0.610. The highest BCUT2D eigenvalue weighted by atomic mass is 16.5. The number of hydrogen-bond acceptors (Lipinski definition) is 3. The molecule has 108 valence electrons. The van der Waals surface area contributed by atoms with Crippen molar-refractivity contribution in [3.63, 3.8) is 0 Å². The first-order valence-corrected chi connectivity index (χ1v) is 7.72. The summed E-state index contributed by atoms with van der Waals surface area (Å²) in [6, 6.07) is 0.499. The van der Waals surface area contributed by atoms with Gasteiger partial charge in [0.15, 0.2) is 0 Å². The number of nitrogens with two attached hydrogens (primary N) is 1. The smallest absolute Gasteiger partial charge is 0.225 e. The molecule has 4 heteroatoms. The van der Waals surface area contributed by atoms with Crippen LogP contribution in [-0.2, 0) is 9.53 Å². The summed E-state index contributed by atoms with van der Waals surface area (Å²) in [5.74, 6) is 2.77. The molecule has 4 aliphatic rings. The largest absolute Gasteiger partial charge is 0.380 e. The molecule has 0 aromatic rings. The molecule has 19 heavy (non-hydrogen) atoms. The van der Waals surface area contributed by atoms with Gasteiger partial charge in [-0.05, 0) is 49.9 Å². The number of fused-ring (bicyclic) bond motifs is 1. The van der Waals surface area contributed by atoms with Crippen molar-refractivity contribution in [2.75, 3.05) is 20.2 Å². The molecule has 0 radical (unpaired) electrons. The second-order valence-corrected chi connectivity index (χ2v) is 6.77. The van der Waals surface area contributed by atoms with Crippen molar-refractivity contribution in [3.8, 4) is 0 Å². The van der Waals surface area contributed by atoms with Gasteiger partial charge in [-0.2, -0.15) is 0 Å². The Labute approximate surface area is 115 Å². The molecular weight excluding hydrogens is 240 g/mol. The molecule has 3 unspecified atom stereocenters. The van der Waals surface area contributed by atoms with E-state index in [-0.39, 0.29) is 12.0 Å². The van der Waals surface area contributed by atoms with Gasteiger partial charge >= 0.3 is 0 Å². The maximum absolute atomic E-state index is 12.5. The molecule has 4 rings (SSSR count). The minimum absolute atomic E-state index is 0.120. The zero-order valence-electron chi connectivity index (χ0n) is 11.9. The lowest BCUT2D eigenvalue weighted by Crippen LogP contribution is -2.44. The average Bonchev–Trinajstić information content (AvgIpc) is 2.60. The second kappa shape index (κ2) is 5.41. The van der Waals surface area contributed by atoms with E-state index in [1.807, 2.05) is 0 Å². The van der Waals surface area contributed by atoms with Crippen LogP contribution in [0, 0.1) is 17.8 Å². The average molecular weight is 266 g/mol. The molecule has 1 amide bonds. The van der Waals surface area contributed by atoms with E-state index in [0.29, 0.717) is 19.0 Å². The van der Waals surface area contributed by atoms with E-state index in [1.54, 1.807) is 7.11 Å². The van der Waals surface area contributed by atoms with Gasteiger partial charge in [0.05, 0.1) is 12.5 Å². The van der Waals surface area contributed by atoms with Gasteiger partial charge < -0.3 is 15.4 Å². The SMILES string of the molecule is COC(CN)CC(=O)N1CC2CC3CC(C2)CC1C3. The molecule has 2 saturated heterocycles. The summed E-state index contributed by atoms with van der Waals surface area (Å²) in [4.78, 5) is 14.7. The van der Waals surface area contributed by atoms with Crippen molar-refractivity contribution in [2.24, 2.45) is 23.5 Å². The Bertz CT molecular complexity index is 329. The first-order valence-electron chi connectivity index (χ1n) is 7.72. The van der Waals surface area contributed by atoms with Crippen molar-refractivity contribution in [1.82, 2.24) is 4.90 Å². The van der Waals surface area contributed by atoms with Crippen LogP contribution in [0.5, 0.6) is 0 Å². The number of hydrogen-bond donors (Lipinski definition) is 1. The Kier molecular flexibility index (Phi) is 3.81. The monoisotopic (exact) mass is 266 g/mol. The molecule has 2 heterocycles. The van der Waals surface area contributed by atoms with Crippen LogP contribution in [0.25, 0.3) is 0 Å². The standard InChI is InChI=1S/C15H26N2O2/c1-19-14(8-16)7-15(18)17-9-12-3-10-2-11(4-12)6-13(17)5-10/h10-14H,2-9,16H2,1H3. The highest BCUT2D eigenvalue weighted by Crippen LogP contribution is 2.47. The molecule has 2 N–H and O–H groups in total. The summed E-state index contributed by atoms with van der Waals surface area (Å²) in [5, 5.41) is 0. The number of amides is 1. The van der Waals surface area contributed by atoms with Gasteiger partial charge in [-0.15, -0.1) is 0 Å². The predicted octanol–water partition coefficient (Wildman–Crippen LogP) is 1.39. The number of carbonyl (C=O) groups is 1. The van der Waals surface area contributed by atoms with Crippen molar-refractivity contribution in [1.29, 1.82) is 0 Å². The fraction of sp³-hybridized carbons (Fsp3) is 0.933. The second-order valence-electron chi connectivity index (χ2n) is 6.77. The minimum Gasteiger partial charge on any atom is -0.380 e. The molecule has 3 atom stereocenters. The fourth-order valence-corrected chi connectivity index (χ4v) is 4.66. The Morgan fingerprint density at radius 1 is 1.21 bits per heavy atom. The van der Waals surface area contributed by atoms with E-state index >= 15 is 0 Å². The molecule has 2 aliphatic carbocycles. The number of rotatable bonds is 4. The third kappa shape index (κ3) is 2.65. The van der Waals surface area contributed by atoms with E-state index < -0.39 is 0 Å². The topological polar surface area (TPSA) is 55.6 Å². The van der Waals surface area contributed by atoms with E-state index in [1.165, 1.54) is 32.1 Å². The first-order chi connectivity index (χ1) is 9.19. The zero-order chi connectivity index (χ0) is 13.4. The first kappa shape index (κ1) is 13.4. The van der Waals surface area contributed by atoms with Crippen molar-refractivity contribution >= 4 is 5.91 Å². The van der Waals surface area contributed by atoms with Crippen molar-refractivity contribution in [3.05, 3.63) is 0 Å². The van der Waals surface area contributed by atoms with Crippen LogP contribution >= 0.6 is 0 Å². The molecule has 2 aliphatic heterocycles. The molecule has 4 nitrogen and oxygen atoms in total. The number of carbonyl (C=O) groups excluding carboxylic acids is 1. The summed E-state index contributed by atoms with van der Waals surface area (Å²) >= 11 is 0. The van der Waals surface area contributed by atoms with Crippen molar-refractivity contribution in [2.45, 2.75) is 50.7 Å². The molecule has 4 fully saturated rings. The Balaban J connectivity index is 1.69. The summed E-state index contributed by atoms with van der Waals surface area (Å²) in [7, 11) is 1.64. The summed E-state index contributed by atoms with van der Waals surface area (Å²) in [6.07, 6.45) is 6.91. The van der Waals surface area contributed by atoms with Crippen LogP contribution in [-0.4, -0.2) is 43.2 Å². The fourth-order valence-electron chi connectivity index (χ4n) is 4.66. The zero-order valence-corrected chi connectivity index (χ0v) is 11.9. The van der Waals surface area contributed by atoms with Crippen molar-refractivity contribution < 1.29 is 9.53 Å². The van der Waals surface area contributed by atoms with Gasteiger partial charge in [0, 0.05) is 26.2 Å². The lowest BCUT2D eigenvalue weighted by molar-refractivity contribution is -0.136. The quantitative estimate of drug-likeness (QED) is 0.836. The summed E-state index contributed by atoms with van der Waals surface area (Å²) in [6.45, 7) is 1.41. The number of ether oxygens (including phenoxy) is 1. The molecule has 0 aromatic heterocycles. The van der Waals surface area contributed by atoms with Crippen LogP contribution < -0.4 is 5.73 Å². The molecular formula is C15H26N2O2. The third-order valence-electron chi connectivity index (χ3n) is 5.43. The Morgan fingerprint density at radius 2 is 1.84 bits per heavy atom. The van der Waals surface area contributed by atoms with Gasteiger partial charge in [-0.25, -0.2) is 0 Å². The lowest BCUT2D eigenvalue weighted by atomic mass is 9.68. The van der Waals surface area contributed by atoms with Gasteiger partial charge in [-0.1, -0.05) is 0 Å². The van der Waals surface area contributed by atoms with Gasteiger partial charge in [-0.3, -0.25) is 4.79 Å². The molecule has 0 aromatic carbocycles. The molecule has 0 spiro atoms. The van der Waals surface area contributed by atoms with Crippen LogP contribution in [0.3, 0.4) is 0 Å². The maximum atomic E-state index is 12.5. The van der Waals surface area contributed by atoms with E-state index in [0.717, 1.165) is 24.3 Å². The van der Waals surface area contributed by atoms with Gasteiger partial charge in [0.25, 0.3) is 0 Å². The summed E-state index contributed by atoms with van der Waals surface area (Å²) in [5.41, 5.74) is 5.63. The highest BCUT2D eigenvalue weighted by Gasteiger charge is 2.44. The van der Waals surface area contributed by atoms with Gasteiger partial charge in [0.2, 0.25) is 5.91 Å². The van der Waals surface area contributed by atoms with E-state index in [4.69, 9.17) is 10.5 Å². The lowest BCUT2D eigenvalue weighted by Gasteiger charge is -2.39. The van der Waals surface area contributed by atoms with E-state index in [9.17, 15) is 4.79 Å². The minimum atomic E-state index is -0.120. The van der Waals surface area contributed by atoms with Crippen LogP contribution in [0.4, 0.5) is 0 Å². The summed E-state index contributed by atoms with van der Waals surface area (Å²) < 4.78 is 5.26. The normalized spacial score (nSPS) is 38.3. The Morgan fingerprint density at radius 3 is 2.42 bits per heavy atom. The predicted molar refractivity (Wildman–Crippen MR) is 73.5 cm³/mol. The van der Waals surface area contributed by atoms with E-state index in [2.05, 4.69) is 4.90 Å². The van der Waals surface area contributed by atoms with Crippen LogP contribution in [0.1, 0.15) is 38.5 Å². The molecule has 2 saturated carbocycles.